The molecule has 0 aliphatic heterocycles. The zero-order chi connectivity index (χ0) is 26.9. The Kier molecular flexibility index (Phi) is 11.0. The zero-order valence-electron chi connectivity index (χ0n) is 21.6. The molecule has 0 bridgehead atoms. The molecule has 36 heavy (non-hydrogen) atoms. The number of sulfonamides is 1. The highest BCUT2D eigenvalue weighted by Gasteiger charge is 2.32. The molecule has 0 aliphatic carbocycles. The van der Waals surface area contributed by atoms with Gasteiger partial charge in [0.15, 0.2) is 0 Å². The fraction of sp³-hybridized carbons (Fsp3) is 0.462. The Morgan fingerprint density at radius 1 is 1.11 bits per heavy atom. The third-order valence-corrected chi connectivity index (χ3v) is 7.45. The molecule has 0 aliphatic rings. The lowest BCUT2D eigenvalue weighted by atomic mass is 10.1. The number of hydrogen-bond donors (Lipinski definition) is 1. The van der Waals surface area contributed by atoms with Gasteiger partial charge in [0.25, 0.3) is 0 Å². The van der Waals surface area contributed by atoms with Crippen LogP contribution < -0.4 is 14.4 Å². The minimum Gasteiger partial charge on any atom is -0.497 e. The van der Waals surface area contributed by atoms with E-state index in [-0.39, 0.29) is 12.5 Å². The summed E-state index contributed by atoms with van der Waals surface area (Å²) in [6.07, 6.45) is 3.16. The van der Waals surface area contributed by atoms with E-state index in [0.717, 1.165) is 29.0 Å². The first-order valence-corrected chi connectivity index (χ1v) is 14.2. The second-order valence-corrected chi connectivity index (χ2v) is 10.9. The molecule has 1 atom stereocenters. The lowest BCUT2D eigenvalue weighted by molar-refractivity contribution is -0.140. The Morgan fingerprint density at radius 2 is 1.78 bits per heavy atom. The van der Waals surface area contributed by atoms with Gasteiger partial charge in [-0.25, -0.2) is 8.42 Å². The van der Waals surface area contributed by atoms with Gasteiger partial charge in [-0.3, -0.25) is 13.9 Å². The molecular weight excluding hydrogens is 502 g/mol. The number of ether oxygens (including phenoxy) is 1. The predicted molar refractivity (Wildman–Crippen MR) is 144 cm³/mol. The van der Waals surface area contributed by atoms with Crippen molar-refractivity contribution in [2.24, 2.45) is 0 Å². The van der Waals surface area contributed by atoms with Gasteiger partial charge in [0.2, 0.25) is 21.8 Å². The summed E-state index contributed by atoms with van der Waals surface area (Å²) in [6.45, 7) is 5.73. The van der Waals surface area contributed by atoms with Crippen LogP contribution in [0.15, 0.2) is 42.5 Å². The number of anilines is 1. The maximum absolute atomic E-state index is 13.7. The molecule has 0 spiro atoms. The first-order chi connectivity index (χ1) is 17.0. The van der Waals surface area contributed by atoms with Crippen molar-refractivity contribution < 1.29 is 22.7 Å². The van der Waals surface area contributed by atoms with Crippen LogP contribution in [0.3, 0.4) is 0 Å². The SMILES string of the molecule is CCCCNC(=O)[C@H](CC)N(Cc1ccc(OC)cc1)C(=O)CN(c1cccc(Cl)c1C)S(C)(=O)=O. The molecule has 8 nitrogen and oxygen atoms in total. The molecule has 198 valence electrons. The second-order valence-electron chi connectivity index (χ2n) is 8.59. The normalized spacial score (nSPS) is 12.1. The number of halogens is 1. The van der Waals surface area contributed by atoms with E-state index in [1.54, 1.807) is 44.4 Å². The third-order valence-electron chi connectivity index (χ3n) is 5.91. The predicted octanol–water partition coefficient (Wildman–Crippen LogP) is 4.15. The van der Waals surface area contributed by atoms with Gasteiger partial charge in [-0.2, -0.15) is 0 Å². The van der Waals surface area contributed by atoms with E-state index in [9.17, 15) is 18.0 Å². The number of unbranched alkanes of at least 4 members (excludes halogenated alkanes) is 1. The second kappa shape index (κ2) is 13.5. The van der Waals surface area contributed by atoms with Crippen LogP contribution in [0.1, 0.15) is 44.2 Å². The van der Waals surface area contributed by atoms with Gasteiger partial charge < -0.3 is 15.0 Å². The van der Waals surface area contributed by atoms with Gasteiger partial charge >= 0.3 is 0 Å². The molecule has 0 heterocycles. The number of methoxy groups -OCH3 is 1. The fourth-order valence-corrected chi connectivity index (χ4v) is 4.88. The van der Waals surface area contributed by atoms with Crippen LogP contribution in [-0.4, -0.2) is 57.6 Å². The summed E-state index contributed by atoms with van der Waals surface area (Å²) in [7, 11) is -2.26. The van der Waals surface area contributed by atoms with Gasteiger partial charge in [-0.1, -0.05) is 50.1 Å². The van der Waals surface area contributed by atoms with E-state index in [2.05, 4.69) is 5.32 Å². The van der Waals surface area contributed by atoms with Gasteiger partial charge in [-0.05, 0) is 55.2 Å². The number of nitrogens with one attached hydrogen (secondary N) is 1. The zero-order valence-corrected chi connectivity index (χ0v) is 23.2. The molecule has 0 radical (unpaired) electrons. The molecule has 0 saturated carbocycles. The van der Waals surface area contributed by atoms with E-state index < -0.39 is 28.5 Å². The summed E-state index contributed by atoms with van der Waals surface area (Å²) < 4.78 is 31.8. The van der Waals surface area contributed by atoms with Crippen molar-refractivity contribution in [2.75, 3.05) is 30.8 Å². The van der Waals surface area contributed by atoms with Crippen molar-refractivity contribution >= 4 is 39.1 Å². The van der Waals surface area contributed by atoms with E-state index >= 15 is 0 Å². The minimum atomic E-state index is -3.83. The molecule has 2 aromatic carbocycles. The summed E-state index contributed by atoms with van der Waals surface area (Å²) in [6, 6.07) is 11.3. The van der Waals surface area contributed by atoms with Crippen LogP contribution in [0.5, 0.6) is 5.75 Å². The largest absolute Gasteiger partial charge is 0.497 e. The maximum Gasteiger partial charge on any atom is 0.244 e. The molecule has 0 aromatic heterocycles. The summed E-state index contributed by atoms with van der Waals surface area (Å²) >= 11 is 6.23. The highest BCUT2D eigenvalue weighted by atomic mass is 35.5. The van der Waals surface area contributed by atoms with E-state index in [4.69, 9.17) is 16.3 Å². The van der Waals surface area contributed by atoms with Crippen molar-refractivity contribution in [3.63, 3.8) is 0 Å². The minimum absolute atomic E-state index is 0.134. The smallest absolute Gasteiger partial charge is 0.244 e. The van der Waals surface area contributed by atoms with Crippen molar-refractivity contribution in [1.29, 1.82) is 0 Å². The first-order valence-electron chi connectivity index (χ1n) is 12.0. The summed E-state index contributed by atoms with van der Waals surface area (Å²) in [5.74, 6) is -0.0913. The number of carbonyl (C=O) groups is 2. The van der Waals surface area contributed by atoms with E-state index in [0.29, 0.717) is 35.0 Å². The van der Waals surface area contributed by atoms with Crippen LogP contribution in [-0.2, 0) is 26.2 Å². The number of amides is 2. The molecule has 0 unspecified atom stereocenters. The molecule has 0 saturated heterocycles. The van der Waals surface area contributed by atoms with Gasteiger partial charge in [0.1, 0.15) is 18.3 Å². The van der Waals surface area contributed by atoms with E-state index in [1.807, 2.05) is 26.0 Å². The standard InChI is InChI=1S/C26H36ClN3O5S/c1-6-8-16-28-26(32)23(7-2)29(17-20-12-14-21(35-4)15-13-20)25(31)18-30(36(5,33)34)24-11-9-10-22(27)19(24)3/h9-15,23H,6-8,16-18H2,1-5H3,(H,28,32)/t23-/m0/s1. The average molecular weight is 538 g/mol. The molecule has 2 amide bonds. The number of hydrogen-bond acceptors (Lipinski definition) is 5. The fourth-order valence-electron chi connectivity index (χ4n) is 3.81. The topological polar surface area (TPSA) is 96.0 Å². The summed E-state index contributed by atoms with van der Waals surface area (Å²) in [5, 5.41) is 3.30. The first kappa shape index (κ1) is 29.5. The average Bonchev–Trinajstić information content (AvgIpc) is 2.84. The van der Waals surface area contributed by atoms with Crippen LogP contribution in [0, 0.1) is 6.92 Å². The number of rotatable bonds is 13. The molecule has 2 rings (SSSR count). The van der Waals surface area contributed by atoms with E-state index in [1.165, 1.54) is 4.90 Å². The Bertz CT molecular complexity index is 1140. The molecule has 1 N–H and O–H groups in total. The Morgan fingerprint density at radius 3 is 2.33 bits per heavy atom. The number of benzene rings is 2. The Hall–Kier alpha value is -2.78. The monoisotopic (exact) mass is 537 g/mol. The molecule has 2 aromatic rings. The summed E-state index contributed by atoms with van der Waals surface area (Å²) in [4.78, 5) is 28.2. The van der Waals surface area contributed by atoms with Gasteiger partial charge in [0.05, 0.1) is 19.1 Å². The molecule has 0 fully saturated rings. The van der Waals surface area contributed by atoms with Crippen LogP contribution in [0.25, 0.3) is 0 Å². The quantitative estimate of drug-likeness (QED) is 0.387. The molecule has 10 heteroatoms. The third kappa shape index (κ3) is 7.86. The maximum atomic E-state index is 13.7. The summed E-state index contributed by atoms with van der Waals surface area (Å²) in [5.41, 5.74) is 1.65. The van der Waals surface area contributed by atoms with Crippen molar-refractivity contribution in [2.45, 2.75) is 52.6 Å². The Labute approximate surface area is 219 Å². The van der Waals surface area contributed by atoms with Crippen LogP contribution in [0.4, 0.5) is 5.69 Å². The van der Waals surface area contributed by atoms with Gasteiger partial charge in [0, 0.05) is 18.1 Å². The van der Waals surface area contributed by atoms with Crippen molar-refractivity contribution in [1.82, 2.24) is 10.2 Å². The van der Waals surface area contributed by atoms with Crippen LogP contribution >= 0.6 is 11.6 Å². The van der Waals surface area contributed by atoms with Crippen molar-refractivity contribution in [3.8, 4) is 5.75 Å². The highest BCUT2D eigenvalue weighted by molar-refractivity contribution is 7.92. The number of nitrogens with zero attached hydrogens (tertiary/aromatic N) is 2. The highest BCUT2D eigenvalue weighted by Crippen LogP contribution is 2.28. The van der Waals surface area contributed by atoms with Gasteiger partial charge in [-0.15, -0.1) is 0 Å². The lowest BCUT2D eigenvalue weighted by Crippen LogP contribution is -2.52. The lowest BCUT2D eigenvalue weighted by Gasteiger charge is -2.33. The Balaban J connectivity index is 2.44. The molecular formula is C26H36ClN3O5S. The van der Waals surface area contributed by atoms with Crippen LogP contribution in [0.2, 0.25) is 5.02 Å². The number of carbonyl (C=O) groups excluding carboxylic acids is 2. The van der Waals surface area contributed by atoms with Crippen molar-refractivity contribution in [3.05, 3.63) is 58.6 Å².